The molecule has 0 unspecified atom stereocenters. The van der Waals surface area contributed by atoms with E-state index in [1.54, 1.807) is 11.9 Å². The van der Waals surface area contributed by atoms with E-state index in [0.29, 0.717) is 0 Å². The minimum Gasteiger partial charge on any atom is -0.246 e. The van der Waals surface area contributed by atoms with Gasteiger partial charge in [0.2, 0.25) is 0 Å². The molecule has 0 saturated carbocycles. The van der Waals surface area contributed by atoms with Crippen LogP contribution in [0, 0.1) is 0 Å². The van der Waals surface area contributed by atoms with Gasteiger partial charge in [0, 0.05) is 28.0 Å². The van der Waals surface area contributed by atoms with Gasteiger partial charge < -0.3 is 0 Å². The Morgan fingerprint density at radius 1 is 0.583 bits per heavy atom. The van der Waals surface area contributed by atoms with Gasteiger partial charge in [0.15, 0.2) is 0 Å². The summed E-state index contributed by atoms with van der Waals surface area (Å²) in [4.78, 5) is 4.32. The SMILES string of the molecule is c1ccc(C2=NNSC(c3ccccc3)=C2c2ccccc2)cc1. The Labute approximate surface area is 146 Å². The second-order valence-electron chi connectivity index (χ2n) is 5.46. The monoisotopic (exact) mass is 328 g/mol. The molecule has 2 nitrogen and oxygen atoms in total. The van der Waals surface area contributed by atoms with Crippen molar-refractivity contribution in [1.82, 2.24) is 4.83 Å². The Bertz CT molecular complexity index is 885. The molecule has 1 heterocycles. The van der Waals surface area contributed by atoms with Gasteiger partial charge in [-0.1, -0.05) is 91.0 Å². The average molecular weight is 328 g/mol. The molecule has 1 aliphatic heterocycles. The number of hydrogen-bond donors (Lipinski definition) is 1. The molecular weight excluding hydrogens is 312 g/mol. The van der Waals surface area contributed by atoms with Crippen LogP contribution in [-0.4, -0.2) is 5.71 Å². The number of nitrogens with zero attached hydrogens (tertiary/aromatic N) is 1. The highest BCUT2D eigenvalue weighted by Crippen LogP contribution is 2.38. The van der Waals surface area contributed by atoms with Crippen molar-refractivity contribution >= 4 is 28.1 Å². The van der Waals surface area contributed by atoms with Gasteiger partial charge in [-0.2, -0.15) is 5.10 Å². The van der Waals surface area contributed by atoms with Crippen LogP contribution in [0.1, 0.15) is 16.7 Å². The second-order valence-corrected chi connectivity index (χ2v) is 6.25. The zero-order chi connectivity index (χ0) is 16.2. The first-order valence-corrected chi connectivity index (χ1v) is 8.65. The van der Waals surface area contributed by atoms with Crippen LogP contribution in [0.5, 0.6) is 0 Å². The minimum absolute atomic E-state index is 0.972. The lowest BCUT2D eigenvalue weighted by Gasteiger charge is -2.22. The zero-order valence-electron chi connectivity index (χ0n) is 13.0. The predicted octanol–water partition coefficient (Wildman–Crippen LogP) is 5.21. The molecule has 0 atom stereocenters. The van der Waals surface area contributed by atoms with Gasteiger partial charge in [0.1, 0.15) is 5.71 Å². The Balaban J connectivity index is 1.95. The first kappa shape index (κ1) is 14.8. The lowest BCUT2D eigenvalue weighted by atomic mass is 9.93. The largest absolute Gasteiger partial charge is 0.246 e. The van der Waals surface area contributed by atoms with Crippen molar-refractivity contribution in [1.29, 1.82) is 0 Å². The molecule has 116 valence electrons. The molecule has 0 spiro atoms. The van der Waals surface area contributed by atoms with Crippen LogP contribution in [0.15, 0.2) is 96.1 Å². The molecule has 0 aromatic heterocycles. The highest BCUT2D eigenvalue weighted by molar-refractivity contribution is 8.07. The van der Waals surface area contributed by atoms with E-state index in [9.17, 15) is 0 Å². The van der Waals surface area contributed by atoms with Crippen molar-refractivity contribution in [3.8, 4) is 0 Å². The Morgan fingerprint density at radius 2 is 1.08 bits per heavy atom. The Kier molecular flexibility index (Phi) is 4.17. The van der Waals surface area contributed by atoms with E-state index in [-0.39, 0.29) is 0 Å². The van der Waals surface area contributed by atoms with Crippen LogP contribution in [0.2, 0.25) is 0 Å². The van der Waals surface area contributed by atoms with Crippen molar-refractivity contribution in [2.45, 2.75) is 0 Å². The molecule has 3 heteroatoms. The summed E-state index contributed by atoms with van der Waals surface area (Å²) in [5, 5.41) is 4.60. The van der Waals surface area contributed by atoms with Gasteiger partial charge in [0.25, 0.3) is 0 Å². The molecule has 3 aromatic carbocycles. The van der Waals surface area contributed by atoms with E-state index in [1.807, 2.05) is 30.3 Å². The van der Waals surface area contributed by atoms with Crippen LogP contribution >= 0.6 is 11.9 Å². The summed E-state index contributed by atoms with van der Waals surface area (Å²) in [5.41, 5.74) is 5.61. The first-order valence-electron chi connectivity index (χ1n) is 7.84. The number of nitrogens with one attached hydrogen (secondary N) is 1. The molecule has 0 bridgehead atoms. The third-order valence-corrected chi connectivity index (χ3v) is 4.74. The summed E-state index contributed by atoms with van der Waals surface area (Å²) in [6, 6.07) is 31.2. The third-order valence-electron chi connectivity index (χ3n) is 3.91. The molecule has 3 aromatic rings. The fraction of sp³-hybridized carbons (Fsp3) is 0. The van der Waals surface area contributed by atoms with Gasteiger partial charge >= 0.3 is 0 Å². The average Bonchev–Trinajstić information content (AvgIpc) is 2.69. The van der Waals surface area contributed by atoms with E-state index in [1.165, 1.54) is 16.0 Å². The Hall–Kier alpha value is -2.78. The third kappa shape index (κ3) is 2.86. The van der Waals surface area contributed by atoms with Crippen LogP contribution in [0.3, 0.4) is 0 Å². The number of allylic oxidation sites excluding steroid dienone is 1. The lowest BCUT2D eigenvalue weighted by Crippen LogP contribution is -2.15. The topological polar surface area (TPSA) is 24.4 Å². The molecule has 0 saturated heterocycles. The molecule has 1 aliphatic rings. The maximum Gasteiger partial charge on any atom is 0.100 e. The van der Waals surface area contributed by atoms with Crippen LogP contribution in [-0.2, 0) is 0 Å². The van der Waals surface area contributed by atoms with E-state index in [0.717, 1.165) is 16.8 Å². The summed E-state index contributed by atoms with van der Waals surface area (Å²) in [6.45, 7) is 0. The number of hydrazone groups is 1. The Morgan fingerprint density at radius 3 is 1.67 bits per heavy atom. The van der Waals surface area contributed by atoms with E-state index >= 15 is 0 Å². The lowest BCUT2D eigenvalue weighted by molar-refractivity contribution is 1.12. The van der Waals surface area contributed by atoms with Crippen molar-refractivity contribution < 1.29 is 0 Å². The summed E-state index contributed by atoms with van der Waals surface area (Å²) < 4.78 is 0. The number of rotatable bonds is 3. The molecule has 0 aliphatic carbocycles. The fourth-order valence-electron chi connectivity index (χ4n) is 2.80. The summed E-state index contributed by atoms with van der Waals surface area (Å²) in [6.07, 6.45) is 0. The highest BCUT2D eigenvalue weighted by Gasteiger charge is 2.22. The molecule has 4 rings (SSSR count). The van der Waals surface area contributed by atoms with Crippen LogP contribution in [0.25, 0.3) is 10.5 Å². The molecular formula is C21H16N2S. The zero-order valence-corrected chi connectivity index (χ0v) is 13.8. The fourth-order valence-corrected chi connectivity index (χ4v) is 3.60. The van der Waals surface area contributed by atoms with Crippen molar-refractivity contribution in [3.05, 3.63) is 108 Å². The molecule has 24 heavy (non-hydrogen) atoms. The normalized spacial score (nSPS) is 14.1. The summed E-state index contributed by atoms with van der Waals surface area (Å²) in [7, 11) is 0. The smallest absolute Gasteiger partial charge is 0.100 e. The predicted molar refractivity (Wildman–Crippen MR) is 103 cm³/mol. The van der Waals surface area contributed by atoms with Crippen LogP contribution in [0.4, 0.5) is 0 Å². The van der Waals surface area contributed by atoms with Crippen molar-refractivity contribution in [3.63, 3.8) is 0 Å². The van der Waals surface area contributed by atoms with Gasteiger partial charge in [-0.3, -0.25) is 0 Å². The van der Waals surface area contributed by atoms with E-state index < -0.39 is 0 Å². The minimum atomic E-state index is 0.972. The summed E-state index contributed by atoms with van der Waals surface area (Å²) >= 11 is 1.56. The first-order chi connectivity index (χ1) is 11.9. The van der Waals surface area contributed by atoms with Crippen LogP contribution < -0.4 is 4.83 Å². The van der Waals surface area contributed by atoms with E-state index in [4.69, 9.17) is 0 Å². The molecule has 1 N–H and O–H groups in total. The van der Waals surface area contributed by atoms with Gasteiger partial charge in [-0.05, 0) is 11.1 Å². The molecule has 0 radical (unpaired) electrons. The standard InChI is InChI=1S/C21H16N2S/c1-4-10-16(11-5-1)19-20(17-12-6-2-7-13-17)22-23-24-21(19)18-14-8-3-9-15-18/h1-15,23H. The van der Waals surface area contributed by atoms with Gasteiger partial charge in [0.05, 0.1) is 0 Å². The molecule has 0 fully saturated rings. The van der Waals surface area contributed by atoms with Gasteiger partial charge in [-0.25, -0.2) is 4.83 Å². The maximum absolute atomic E-state index is 4.60. The van der Waals surface area contributed by atoms with Gasteiger partial charge in [-0.15, -0.1) is 0 Å². The van der Waals surface area contributed by atoms with E-state index in [2.05, 4.69) is 70.6 Å². The van der Waals surface area contributed by atoms with Crippen molar-refractivity contribution in [2.24, 2.45) is 5.10 Å². The maximum atomic E-state index is 4.60. The highest BCUT2D eigenvalue weighted by atomic mass is 32.2. The summed E-state index contributed by atoms with van der Waals surface area (Å²) in [5.74, 6) is 0. The molecule has 0 amide bonds. The number of benzene rings is 3. The second kappa shape index (κ2) is 6.77. The van der Waals surface area contributed by atoms with Crippen molar-refractivity contribution in [2.75, 3.05) is 0 Å². The quantitative estimate of drug-likeness (QED) is 0.667. The number of hydrogen-bond acceptors (Lipinski definition) is 3.